The highest BCUT2D eigenvalue weighted by Gasteiger charge is 2.11. The molecule has 78 valence electrons. The highest BCUT2D eigenvalue weighted by atomic mass is 35.5. The summed E-state index contributed by atoms with van der Waals surface area (Å²) < 4.78 is 3.55. The van der Waals surface area contributed by atoms with E-state index in [4.69, 9.17) is 16.9 Å². The van der Waals surface area contributed by atoms with E-state index in [0.717, 1.165) is 5.56 Å². The highest BCUT2D eigenvalue weighted by molar-refractivity contribution is 8.00. The van der Waals surface area contributed by atoms with Gasteiger partial charge >= 0.3 is 0 Å². The Hall–Kier alpha value is -1.25. The van der Waals surface area contributed by atoms with Crippen LogP contribution in [0.4, 0.5) is 0 Å². The van der Waals surface area contributed by atoms with Crippen LogP contribution in [0.15, 0.2) is 22.7 Å². The van der Waals surface area contributed by atoms with Gasteiger partial charge in [-0.05, 0) is 29.2 Å². The predicted molar refractivity (Wildman–Crippen MR) is 59.8 cm³/mol. The lowest BCUT2D eigenvalue weighted by molar-refractivity contribution is 0.569. The van der Waals surface area contributed by atoms with Gasteiger partial charge in [0.15, 0.2) is 5.62 Å². The van der Waals surface area contributed by atoms with Crippen molar-refractivity contribution in [2.24, 2.45) is 4.36 Å². The standard InChI is InChI=1S/C9H8ClN3OS/c1-7(15(6-14)13-5-11)8-2-3-9(10)12-4-8/h2-4,6-7H,1H3. The van der Waals surface area contributed by atoms with Gasteiger partial charge in [0.2, 0.25) is 6.19 Å². The number of nitrogens with zero attached hydrogens (tertiary/aromatic N) is 3. The molecule has 4 nitrogen and oxygen atoms in total. The molecule has 0 aromatic carbocycles. The van der Waals surface area contributed by atoms with Gasteiger partial charge in [-0.1, -0.05) is 17.7 Å². The summed E-state index contributed by atoms with van der Waals surface area (Å²) >= 11 is 5.64. The molecule has 0 amide bonds. The molecule has 0 aliphatic heterocycles. The maximum absolute atomic E-state index is 10.7. The first-order valence-corrected chi connectivity index (χ1v) is 5.76. The fourth-order valence-corrected chi connectivity index (χ4v) is 1.99. The van der Waals surface area contributed by atoms with Gasteiger partial charge in [-0.2, -0.15) is 5.26 Å². The van der Waals surface area contributed by atoms with Crippen LogP contribution in [-0.2, 0) is 15.5 Å². The van der Waals surface area contributed by atoms with E-state index in [1.54, 1.807) is 24.5 Å². The number of rotatable bonds is 3. The number of carbonyl (C=O) groups is 1. The fourth-order valence-electron chi connectivity index (χ4n) is 0.998. The van der Waals surface area contributed by atoms with Gasteiger partial charge < -0.3 is 0 Å². The molecule has 0 saturated heterocycles. The molecule has 1 heterocycles. The van der Waals surface area contributed by atoms with E-state index < -0.39 is 10.7 Å². The average molecular weight is 242 g/mol. The number of hydrogen-bond donors (Lipinski definition) is 0. The van der Waals surface area contributed by atoms with E-state index in [1.807, 2.05) is 6.92 Å². The van der Waals surface area contributed by atoms with Crippen LogP contribution >= 0.6 is 11.6 Å². The zero-order valence-electron chi connectivity index (χ0n) is 7.92. The van der Waals surface area contributed by atoms with Gasteiger partial charge in [-0.15, -0.1) is 4.36 Å². The van der Waals surface area contributed by atoms with E-state index in [0.29, 0.717) is 10.8 Å². The molecule has 0 aliphatic carbocycles. The molecule has 0 saturated carbocycles. The minimum atomic E-state index is -0.934. The van der Waals surface area contributed by atoms with Crippen LogP contribution in [0, 0.1) is 11.5 Å². The lowest BCUT2D eigenvalue weighted by Gasteiger charge is -2.09. The average Bonchev–Trinajstić information content (AvgIpc) is 2.26. The molecule has 1 aromatic rings. The first kappa shape index (κ1) is 11.8. The van der Waals surface area contributed by atoms with Gasteiger partial charge in [-0.25, -0.2) is 4.98 Å². The van der Waals surface area contributed by atoms with Crippen LogP contribution in [-0.4, -0.2) is 10.6 Å². The zero-order valence-corrected chi connectivity index (χ0v) is 9.50. The molecular formula is C9H8ClN3OS. The molecule has 1 rings (SSSR count). The Balaban J connectivity index is 2.99. The predicted octanol–water partition coefficient (Wildman–Crippen LogP) is 2.27. The molecule has 2 atom stereocenters. The minimum absolute atomic E-state index is 0.146. The van der Waals surface area contributed by atoms with Crippen molar-refractivity contribution in [3.8, 4) is 6.19 Å². The Bertz CT molecular complexity index is 424. The summed E-state index contributed by atoms with van der Waals surface area (Å²) in [5, 5.41) is 8.65. The second-order valence-electron chi connectivity index (χ2n) is 2.69. The monoisotopic (exact) mass is 241 g/mol. The molecule has 1 aromatic heterocycles. The maximum atomic E-state index is 10.7. The van der Waals surface area contributed by atoms with Crippen molar-refractivity contribution in [3.63, 3.8) is 0 Å². The SMILES string of the molecule is CC(c1ccc(Cl)nc1)S(C=O)=NC#N. The van der Waals surface area contributed by atoms with Crippen molar-refractivity contribution < 1.29 is 4.79 Å². The molecule has 0 fully saturated rings. The van der Waals surface area contributed by atoms with Crippen LogP contribution < -0.4 is 0 Å². The van der Waals surface area contributed by atoms with Gasteiger partial charge in [0.1, 0.15) is 5.15 Å². The first-order chi connectivity index (χ1) is 7.19. The number of hydrogen-bond acceptors (Lipinski definition) is 4. The first-order valence-electron chi connectivity index (χ1n) is 4.07. The van der Waals surface area contributed by atoms with Crippen LogP contribution in [0.1, 0.15) is 17.7 Å². The third kappa shape index (κ3) is 3.11. The second-order valence-corrected chi connectivity index (χ2v) is 4.85. The maximum Gasteiger partial charge on any atom is 0.212 e. The highest BCUT2D eigenvalue weighted by Crippen LogP contribution is 2.20. The molecule has 0 N–H and O–H groups in total. The lowest BCUT2D eigenvalue weighted by Crippen LogP contribution is -2.03. The van der Waals surface area contributed by atoms with E-state index in [2.05, 4.69) is 9.35 Å². The molecule has 2 unspecified atom stereocenters. The molecule has 0 aliphatic rings. The van der Waals surface area contributed by atoms with E-state index in [9.17, 15) is 4.79 Å². The zero-order chi connectivity index (χ0) is 11.3. The third-order valence-corrected chi connectivity index (χ3v) is 3.54. The van der Waals surface area contributed by atoms with Crippen LogP contribution in [0.25, 0.3) is 0 Å². The Labute approximate surface area is 95.0 Å². The summed E-state index contributed by atoms with van der Waals surface area (Å²) in [6.07, 6.45) is 3.23. The number of pyridine rings is 1. The molecule has 0 bridgehead atoms. The van der Waals surface area contributed by atoms with Crippen molar-refractivity contribution in [3.05, 3.63) is 29.0 Å². The number of halogens is 1. The summed E-state index contributed by atoms with van der Waals surface area (Å²) in [5.41, 5.74) is 1.52. The molecular weight excluding hydrogens is 234 g/mol. The minimum Gasteiger partial charge on any atom is -0.290 e. The summed E-state index contributed by atoms with van der Waals surface area (Å²) in [7, 11) is -0.934. The number of nitriles is 1. The van der Waals surface area contributed by atoms with Gasteiger partial charge in [0, 0.05) is 11.4 Å². The lowest BCUT2D eigenvalue weighted by atomic mass is 10.2. The van der Waals surface area contributed by atoms with Crippen molar-refractivity contribution in [2.75, 3.05) is 0 Å². The van der Waals surface area contributed by atoms with Crippen molar-refractivity contribution >= 4 is 27.9 Å². The van der Waals surface area contributed by atoms with Crippen LogP contribution in [0.5, 0.6) is 0 Å². The quantitative estimate of drug-likeness (QED) is 0.463. The van der Waals surface area contributed by atoms with E-state index >= 15 is 0 Å². The Morgan fingerprint density at radius 3 is 2.93 bits per heavy atom. The van der Waals surface area contributed by atoms with Gasteiger partial charge in [-0.3, -0.25) is 4.79 Å². The van der Waals surface area contributed by atoms with E-state index in [-0.39, 0.29) is 5.25 Å². The Morgan fingerprint density at radius 2 is 2.47 bits per heavy atom. The topological polar surface area (TPSA) is 66.1 Å². The van der Waals surface area contributed by atoms with Crippen LogP contribution in [0.3, 0.4) is 0 Å². The Morgan fingerprint density at radius 1 is 1.73 bits per heavy atom. The third-order valence-electron chi connectivity index (χ3n) is 1.83. The smallest absolute Gasteiger partial charge is 0.212 e. The van der Waals surface area contributed by atoms with Crippen molar-refractivity contribution in [1.29, 1.82) is 5.26 Å². The largest absolute Gasteiger partial charge is 0.290 e. The fraction of sp³-hybridized carbons (Fsp3) is 0.222. The summed E-state index contributed by atoms with van der Waals surface area (Å²) in [5.74, 6) is 0. The Kier molecular flexibility index (Phi) is 4.40. The summed E-state index contributed by atoms with van der Waals surface area (Å²) in [6, 6.07) is 3.42. The molecule has 0 spiro atoms. The molecule has 0 radical (unpaired) electrons. The number of carbonyl (C=O) groups excluding carboxylic acids is 1. The normalized spacial score (nSPS) is 14.2. The van der Waals surface area contributed by atoms with Crippen molar-refractivity contribution in [1.82, 2.24) is 4.98 Å². The second kappa shape index (κ2) is 5.59. The molecule has 6 heteroatoms. The summed E-state index contributed by atoms with van der Waals surface area (Å²) in [4.78, 5) is 14.6. The number of aromatic nitrogens is 1. The van der Waals surface area contributed by atoms with E-state index in [1.165, 1.54) is 0 Å². The van der Waals surface area contributed by atoms with Crippen molar-refractivity contribution in [2.45, 2.75) is 12.2 Å². The van der Waals surface area contributed by atoms with Gasteiger partial charge in [0.05, 0.1) is 0 Å². The summed E-state index contributed by atoms with van der Waals surface area (Å²) in [6.45, 7) is 1.82. The molecule has 15 heavy (non-hydrogen) atoms. The van der Waals surface area contributed by atoms with Crippen LogP contribution in [0.2, 0.25) is 5.15 Å². The van der Waals surface area contributed by atoms with Gasteiger partial charge in [0.25, 0.3) is 0 Å².